The smallest absolute Gasteiger partial charge is 0.0509 e. The summed E-state index contributed by atoms with van der Waals surface area (Å²) in [7, 11) is 0. The van der Waals surface area contributed by atoms with Crippen molar-refractivity contribution in [2.45, 2.75) is 56.9 Å². The average Bonchev–Trinajstić information content (AvgIpc) is 2.44. The summed E-state index contributed by atoms with van der Waals surface area (Å²) < 4.78 is 0. The highest BCUT2D eigenvalue weighted by Gasteiger charge is 2.34. The van der Waals surface area contributed by atoms with E-state index in [0.717, 1.165) is 12.0 Å². The fourth-order valence-corrected chi connectivity index (χ4v) is 4.00. The fraction of sp³-hybridized carbons (Fsp3) is 0.846. The van der Waals surface area contributed by atoms with Crippen LogP contribution in [0.15, 0.2) is 11.1 Å². The molecule has 1 nitrogen and oxygen atoms in total. The summed E-state index contributed by atoms with van der Waals surface area (Å²) in [6.07, 6.45) is 8.66. The Hall–Kier alpha value is 0.0500. The van der Waals surface area contributed by atoms with E-state index in [4.69, 9.17) is 0 Å². The van der Waals surface area contributed by atoms with Crippen LogP contribution in [0.5, 0.6) is 0 Å². The first kappa shape index (κ1) is 10.2. The maximum Gasteiger partial charge on any atom is 0.0509 e. The van der Waals surface area contributed by atoms with Crippen LogP contribution in [0.4, 0.5) is 0 Å². The largest absolute Gasteiger partial charge is 0.298 e. The Labute approximate surface area is 97.1 Å². The van der Waals surface area contributed by atoms with Gasteiger partial charge in [-0.3, -0.25) is 5.32 Å². The van der Waals surface area contributed by atoms with E-state index in [1.54, 1.807) is 0 Å². The van der Waals surface area contributed by atoms with Gasteiger partial charge in [0.25, 0.3) is 0 Å². The number of hydrogen-bond acceptors (Lipinski definition) is 2. The topological polar surface area (TPSA) is 12.0 Å². The molecule has 3 fully saturated rings. The van der Waals surface area contributed by atoms with E-state index in [1.165, 1.54) is 44.3 Å². The molecule has 0 amide bonds. The highest BCUT2D eigenvalue weighted by Crippen LogP contribution is 2.43. The molecule has 3 aliphatic rings. The summed E-state index contributed by atoms with van der Waals surface area (Å²) in [5.41, 5.74) is 3.68. The Bertz CT molecular complexity index is 274. The van der Waals surface area contributed by atoms with Gasteiger partial charge in [0.2, 0.25) is 0 Å². The maximum atomic E-state index is 3.76. The molecule has 2 aliphatic carbocycles. The van der Waals surface area contributed by atoms with E-state index in [9.17, 15) is 0 Å². The van der Waals surface area contributed by atoms with E-state index in [2.05, 4.69) is 24.0 Å². The van der Waals surface area contributed by atoms with E-state index >= 15 is 0 Å². The summed E-state index contributed by atoms with van der Waals surface area (Å²) in [4.78, 5) is 0. The van der Waals surface area contributed by atoms with Crippen molar-refractivity contribution in [1.82, 2.24) is 5.32 Å². The lowest BCUT2D eigenvalue weighted by atomic mass is 9.71. The van der Waals surface area contributed by atoms with Gasteiger partial charge in [-0.05, 0) is 44.9 Å². The molecule has 2 heteroatoms. The van der Waals surface area contributed by atoms with Crippen LogP contribution in [0.1, 0.15) is 45.4 Å². The summed E-state index contributed by atoms with van der Waals surface area (Å²) in [6, 6.07) is 0.727. The Morgan fingerprint density at radius 1 is 1.27 bits per heavy atom. The second-order valence-electron chi connectivity index (χ2n) is 5.24. The Balaban J connectivity index is 1.77. The Morgan fingerprint density at radius 2 is 2.07 bits per heavy atom. The minimum absolute atomic E-state index is 0.672. The summed E-state index contributed by atoms with van der Waals surface area (Å²) in [5, 5.41) is 4.43. The second-order valence-corrected chi connectivity index (χ2v) is 6.61. The highest BCUT2D eigenvalue weighted by molar-refractivity contribution is 8.00. The molecule has 2 atom stereocenters. The predicted molar refractivity (Wildman–Crippen MR) is 67.1 cm³/mol. The van der Waals surface area contributed by atoms with Crippen LogP contribution >= 0.6 is 11.8 Å². The monoisotopic (exact) mass is 223 g/mol. The highest BCUT2D eigenvalue weighted by atomic mass is 32.2. The lowest BCUT2D eigenvalue weighted by Gasteiger charge is -2.36. The van der Waals surface area contributed by atoms with Crippen LogP contribution < -0.4 is 5.32 Å². The van der Waals surface area contributed by atoms with Crippen LogP contribution in [0, 0.1) is 5.92 Å². The quantitative estimate of drug-likeness (QED) is 0.721. The molecular weight excluding hydrogens is 202 g/mol. The van der Waals surface area contributed by atoms with Gasteiger partial charge in [0, 0.05) is 11.8 Å². The minimum atomic E-state index is 0.672. The van der Waals surface area contributed by atoms with Gasteiger partial charge in [-0.15, -0.1) is 11.8 Å². The van der Waals surface area contributed by atoms with Gasteiger partial charge in [-0.1, -0.05) is 17.6 Å². The molecule has 84 valence electrons. The van der Waals surface area contributed by atoms with E-state index in [0.29, 0.717) is 5.37 Å². The molecular formula is C13H21NS. The normalized spacial score (nSPS) is 36.2. The zero-order valence-corrected chi connectivity index (χ0v) is 10.4. The van der Waals surface area contributed by atoms with Gasteiger partial charge >= 0.3 is 0 Å². The summed E-state index contributed by atoms with van der Waals surface area (Å²) in [6.45, 7) is 2.30. The maximum absolute atomic E-state index is 3.76. The molecule has 1 heterocycles. The molecule has 1 aliphatic heterocycles. The average molecular weight is 223 g/mol. The first-order valence-electron chi connectivity index (χ1n) is 6.44. The van der Waals surface area contributed by atoms with Crippen molar-refractivity contribution >= 4 is 11.8 Å². The van der Waals surface area contributed by atoms with E-state index in [1.807, 2.05) is 11.1 Å². The van der Waals surface area contributed by atoms with Crippen molar-refractivity contribution in [1.29, 1.82) is 0 Å². The molecule has 0 aromatic carbocycles. The number of thioether (sulfide) groups is 1. The molecule has 0 aromatic rings. The van der Waals surface area contributed by atoms with Crippen LogP contribution in [-0.4, -0.2) is 17.2 Å². The first-order valence-corrected chi connectivity index (χ1v) is 7.49. The molecule has 0 spiro atoms. The Kier molecular flexibility index (Phi) is 2.82. The van der Waals surface area contributed by atoms with Crippen LogP contribution in [-0.2, 0) is 0 Å². The number of nitrogens with one attached hydrogen (secondary N) is 1. The number of hydrogen-bond donors (Lipinski definition) is 1. The van der Waals surface area contributed by atoms with Crippen LogP contribution in [0.2, 0.25) is 0 Å². The van der Waals surface area contributed by atoms with Crippen molar-refractivity contribution in [3.8, 4) is 0 Å². The van der Waals surface area contributed by atoms with Crippen LogP contribution in [0.25, 0.3) is 0 Å². The molecule has 2 saturated carbocycles. The third-order valence-electron chi connectivity index (χ3n) is 4.23. The lowest BCUT2D eigenvalue weighted by Crippen LogP contribution is -2.36. The molecule has 1 saturated heterocycles. The summed E-state index contributed by atoms with van der Waals surface area (Å²) >= 11 is 2.09. The molecule has 0 radical (unpaired) electrons. The minimum Gasteiger partial charge on any atom is -0.298 e. The van der Waals surface area contributed by atoms with Gasteiger partial charge in [0.05, 0.1) is 5.37 Å². The molecule has 0 bridgehead atoms. The zero-order valence-electron chi connectivity index (χ0n) is 9.59. The van der Waals surface area contributed by atoms with Gasteiger partial charge in [-0.25, -0.2) is 0 Å². The SMILES string of the molecule is CC1NC(C(=C2CCC2)C2CCC2)CS1. The number of rotatable bonds is 2. The van der Waals surface area contributed by atoms with Crippen molar-refractivity contribution in [3.63, 3.8) is 0 Å². The second kappa shape index (κ2) is 4.14. The van der Waals surface area contributed by atoms with Crippen molar-refractivity contribution < 1.29 is 0 Å². The summed E-state index contributed by atoms with van der Waals surface area (Å²) in [5.74, 6) is 2.28. The van der Waals surface area contributed by atoms with Gasteiger partial charge in [-0.2, -0.15) is 0 Å². The predicted octanol–water partition coefficient (Wildman–Crippen LogP) is 3.32. The Morgan fingerprint density at radius 3 is 2.47 bits per heavy atom. The van der Waals surface area contributed by atoms with E-state index < -0.39 is 0 Å². The van der Waals surface area contributed by atoms with Crippen molar-refractivity contribution in [2.75, 3.05) is 5.75 Å². The molecule has 2 unspecified atom stereocenters. The zero-order chi connectivity index (χ0) is 10.3. The third-order valence-corrected chi connectivity index (χ3v) is 5.40. The molecule has 0 aromatic heterocycles. The first-order chi connectivity index (χ1) is 7.34. The van der Waals surface area contributed by atoms with Crippen molar-refractivity contribution in [3.05, 3.63) is 11.1 Å². The molecule has 15 heavy (non-hydrogen) atoms. The molecule has 1 N–H and O–H groups in total. The van der Waals surface area contributed by atoms with Crippen LogP contribution in [0.3, 0.4) is 0 Å². The number of allylic oxidation sites excluding steroid dienone is 1. The van der Waals surface area contributed by atoms with Crippen molar-refractivity contribution in [2.24, 2.45) is 5.92 Å². The third kappa shape index (κ3) is 1.87. The van der Waals surface area contributed by atoms with E-state index in [-0.39, 0.29) is 0 Å². The fourth-order valence-electron chi connectivity index (χ4n) is 2.98. The van der Waals surface area contributed by atoms with Gasteiger partial charge in [0.1, 0.15) is 0 Å². The standard InChI is InChI=1S/C13H21NS/c1-9-14-12(8-15-9)13(10-4-2-5-10)11-6-3-7-11/h9-10,12,14H,2-8H2,1H3. The lowest BCUT2D eigenvalue weighted by molar-refractivity contribution is 0.337. The van der Waals surface area contributed by atoms with Gasteiger partial charge < -0.3 is 0 Å². The van der Waals surface area contributed by atoms with Gasteiger partial charge in [0.15, 0.2) is 0 Å². The molecule has 3 rings (SSSR count).